The summed E-state index contributed by atoms with van der Waals surface area (Å²) < 4.78 is 7.04. The van der Waals surface area contributed by atoms with Crippen LogP contribution >= 0.6 is 0 Å². The van der Waals surface area contributed by atoms with E-state index in [0.717, 1.165) is 22.2 Å². The normalized spacial score (nSPS) is 11.8. The van der Waals surface area contributed by atoms with E-state index < -0.39 is 18.0 Å². The molecule has 0 fully saturated rings. The fraction of sp³-hybridized carbons (Fsp3) is 0.167. The van der Waals surface area contributed by atoms with Gasteiger partial charge in [0.1, 0.15) is 0 Å². The quantitative estimate of drug-likeness (QED) is 0.494. The van der Waals surface area contributed by atoms with Crippen molar-refractivity contribution in [2.45, 2.75) is 26.9 Å². The molecular formula is C24H22N4O3. The second-order valence-corrected chi connectivity index (χ2v) is 7.31. The van der Waals surface area contributed by atoms with Crippen molar-refractivity contribution < 1.29 is 14.3 Å². The van der Waals surface area contributed by atoms with E-state index in [0.29, 0.717) is 11.5 Å². The van der Waals surface area contributed by atoms with Gasteiger partial charge in [0.2, 0.25) is 0 Å². The molecule has 0 spiro atoms. The number of fused-ring (bicyclic) bond motifs is 1. The highest BCUT2D eigenvalue weighted by molar-refractivity contribution is 6.04. The zero-order valence-electron chi connectivity index (χ0n) is 17.5. The van der Waals surface area contributed by atoms with Gasteiger partial charge in [0.15, 0.2) is 11.9 Å². The Morgan fingerprint density at radius 2 is 1.81 bits per heavy atom. The van der Waals surface area contributed by atoms with Crippen LogP contribution in [0.3, 0.4) is 0 Å². The Hall–Kier alpha value is -4.00. The van der Waals surface area contributed by atoms with Gasteiger partial charge >= 0.3 is 5.97 Å². The molecule has 31 heavy (non-hydrogen) atoms. The number of nitrogens with one attached hydrogen (secondary N) is 1. The highest BCUT2D eigenvalue weighted by Gasteiger charge is 2.20. The molecular weight excluding hydrogens is 392 g/mol. The Bertz CT molecular complexity index is 1260. The zero-order valence-corrected chi connectivity index (χ0v) is 17.5. The molecule has 1 atom stereocenters. The van der Waals surface area contributed by atoms with Crippen molar-refractivity contribution >= 4 is 28.3 Å². The van der Waals surface area contributed by atoms with Crippen molar-refractivity contribution in [2.75, 3.05) is 5.32 Å². The molecule has 4 rings (SSSR count). The minimum absolute atomic E-state index is 0.259. The van der Waals surface area contributed by atoms with E-state index in [2.05, 4.69) is 15.4 Å². The average Bonchev–Trinajstić information content (AvgIpc) is 3.11. The van der Waals surface area contributed by atoms with E-state index in [1.54, 1.807) is 16.8 Å². The Labute approximate surface area is 179 Å². The molecule has 2 aromatic heterocycles. The van der Waals surface area contributed by atoms with Crippen molar-refractivity contribution in [2.24, 2.45) is 0 Å². The number of rotatable bonds is 5. The van der Waals surface area contributed by atoms with Gasteiger partial charge in [-0.2, -0.15) is 5.10 Å². The number of nitrogens with zero attached hydrogens (tertiary/aromatic N) is 3. The summed E-state index contributed by atoms with van der Waals surface area (Å²) in [6.07, 6.45) is 0.450. The first-order valence-corrected chi connectivity index (χ1v) is 9.91. The Balaban J connectivity index is 1.43. The van der Waals surface area contributed by atoms with Crippen LogP contribution in [0.4, 0.5) is 5.69 Å². The number of anilines is 1. The van der Waals surface area contributed by atoms with Crippen molar-refractivity contribution in [1.82, 2.24) is 14.8 Å². The van der Waals surface area contributed by atoms with Gasteiger partial charge in [-0.1, -0.05) is 36.4 Å². The van der Waals surface area contributed by atoms with Crippen LogP contribution < -0.4 is 5.32 Å². The van der Waals surface area contributed by atoms with Crippen LogP contribution in [0.2, 0.25) is 0 Å². The summed E-state index contributed by atoms with van der Waals surface area (Å²) in [4.78, 5) is 29.4. The first-order valence-electron chi connectivity index (χ1n) is 9.91. The SMILES string of the molecule is Cc1cc(C)n(-c2ccc(C(=O)OC(C)C(=O)Nc3cccc4ccccc34)cn2)n1. The highest BCUT2D eigenvalue weighted by Crippen LogP contribution is 2.23. The first kappa shape index (κ1) is 20.3. The molecule has 0 bridgehead atoms. The van der Waals surface area contributed by atoms with Gasteiger partial charge in [-0.05, 0) is 50.4 Å². The molecule has 0 radical (unpaired) electrons. The van der Waals surface area contributed by atoms with Gasteiger partial charge in [-0.15, -0.1) is 0 Å². The van der Waals surface area contributed by atoms with E-state index >= 15 is 0 Å². The fourth-order valence-electron chi connectivity index (χ4n) is 3.34. The number of ether oxygens (including phenoxy) is 1. The molecule has 7 nitrogen and oxygen atoms in total. The van der Waals surface area contributed by atoms with E-state index in [1.807, 2.05) is 62.4 Å². The summed E-state index contributed by atoms with van der Waals surface area (Å²) in [7, 11) is 0. The topological polar surface area (TPSA) is 86.1 Å². The van der Waals surface area contributed by atoms with Crippen LogP contribution in [0.25, 0.3) is 16.6 Å². The largest absolute Gasteiger partial charge is 0.449 e. The van der Waals surface area contributed by atoms with E-state index in [9.17, 15) is 9.59 Å². The molecule has 0 aliphatic carbocycles. The molecule has 1 unspecified atom stereocenters. The lowest BCUT2D eigenvalue weighted by Gasteiger charge is -2.15. The van der Waals surface area contributed by atoms with Crippen molar-refractivity contribution in [3.05, 3.63) is 83.8 Å². The lowest BCUT2D eigenvalue weighted by Crippen LogP contribution is -2.30. The predicted molar refractivity (Wildman–Crippen MR) is 118 cm³/mol. The number of amides is 1. The molecule has 2 aromatic carbocycles. The van der Waals surface area contributed by atoms with Gasteiger partial charge in [0.25, 0.3) is 5.91 Å². The summed E-state index contributed by atoms with van der Waals surface area (Å²) in [5.41, 5.74) is 2.75. The van der Waals surface area contributed by atoms with Gasteiger partial charge in [0, 0.05) is 23.0 Å². The van der Waals surface area contributed by atoms with Gasteiger partial charge in [-0.25, -0.2) is 14.5 Å². The molecule has 4 aromatic rings. The summed E-state index contributed by atoms with van der Waals surface area (Å²) in [6.45, 7) is 5.37. The van der Waals surface area contributed by atoms with Gasteiger partial charge in [0.05, 0.1) is 11.3 Å². The molecule has 2 heterocycles. The minimum Gasteiger partial charge on any atom is -0.449 e. The van der Waals surface area contributed by atoms with Crippen LogP contribution in [0.1, 0.15) is 28.7 Å². The van der Waals surface area contributed by atoms with Crippen LogP contribution in [0.5, 0.6) is 0 Å². The zero-order chi connectivity index (χ0) is 22.0. The smallest absolute Gasteiger partial charge is 0.340 e. The number of hydrogen-bond donors (Lipinski definition) is 1. The number of carbonyl (C=O) groups excluding carboxylic acids is 2. The third-order valence-electron chi connectivity index (χ3n) is 4.91. The molecule has 1 N–H and O–H groups in total. The van der Waals surface area contributed by atoms with E-state index in [4.69, 9.17) is 4.74 Å². The second-order valence-electron chi connectivity index (χ2n) is 7.31. The summed E-state index contributed by atoms with van der Waals surface area (Å²) >= 11 is 0. The first-order chi connectivity index (χ1) is 14.9. The molecule has 0 saturated carbocycles. The predicted octanol–water partition coefficient (Wildman–Crippen LogP) is 4.22. The second kappa shape index (κ2) is 8.39. The highest BCUT2D eigenvalue weighted by atomic mass is 16.5. The summed E-state index contributed by atoms with van der Waals surface area (Å²) in [6, 6.07) is 18.6. The maximum absolute atomic E-state index is 12.6. The van der Waals surface area contributed by atoms with Gasteiger partial charge < -0.3 is 10.1 Å². The van der Waals surface area contributed by atoms with E-state index in [1.165, 1.54) is 13.1 Å². The third kappa shape index (κ3) is 4.30. The monoisotopic (exact) mass is 414 g/mol. The van der Waals surface area contributed by atoms with Crippen LogP contribution in [0.15, 0.2) is 66.9 Å². The molecule has 7 heteroatoms. The number of pyridine rings is 1. The maximum atomic E-state index is 12.6. The molecule has 0 aliphatic rings. The standard InChI is InChI=1S/C24H22N4O3/c1-15-13-16(2)28(27-15)22-12-11-19(14-25-22)24(30)31-17(3)23(29)26-21-10-6-8-18-7-4-5-9-20(18)21/h4-14,17H,1-3H3,(H,26,29). The minimum atomic E-state index is -0.970. The van der Waals surface area contributed by atoms with Crippen molar-refractivity contribution in [1.29, 1.82) is 0 Å². The third-order valence-corrected chi connectivity index (χ3v) is 4.91. The lowest BCUT2D eigenvalue weighted by atomic mass is 10.1. The molecule has 156 valence electrons. The number of hydrogen-bond acceptors (Lipinski definition) is 5. The lowest BCUT2D eigenvalue weighted by molar-refractivity contribution is -0.123. The molecule has 0 saturated heterocycles. The summed E-state index contributed by atoms with van der Waals surface area (Å²) in [5, 5.41) is 9.14. The van der Waals surface area contributed by atoms with Crippen LogP contribution in [-0.2, 0) is 9.53 Å². The molecule has 0 aliphatic heterocycles. The Morgan fingerprint density at radius 1 is 1.03 bits per heavy atom. The number of benzene rings is 2. The van der Waals surface area contributed by atoms with Crippen LogP contribution in [0, 0.1) is 13.8 Å². The number of esters is 1. The molecule has 1 amide bonds. The van der Waals surface area contributed by atoms with Crippen molar-refractivity contribution in [3.8, 4) is 5.82 Å². The number of carbonyl (C=O) groups is 2. The van der Waals surface area contributed by atoms with Gasteiger partial charge in [-0.3, -0.25) is 4.79 Å². The van der Waals surface area contributed by atoms with Crippen molar-refractivity contribution in [3.63, 3.8) is 0 Å². The number of aromatic nitrogens is 3. The van der Waals surface area contributed by atoms with E-state index in [-0.39, 0.29) is 5.56 Å². The Morgan fingerprint density at radius 3 is 2.52 bits per heavy atom. The average molecular weight is 414 g/mol. The maximum Gasteiger partial charge on any atom is 0.340 e. The summed E-state index contributed by atoms with van der Waals surface area (Å²) in [5.74, 6) is -0.422. The van der Waals surface area contributed by atoms with Crippen LogP contribution in [-0.4, -0.2) is 32.7 Å². The Kier molecular flexibility index (Phi) is 5.49. The fourth-order valence-corrected chi connectivity index (χ4v) is 3.34. The number of aryl methyl sites for hydroxylation is 2.